The van der Waals surface area contributed by atoms with Gasteiger partial charge in [0.2, 0.25) is 0 Å². The van der Waals surface area contributed by atoms with E-state index in [0.717, 1.165) is 12.8 Å². The van der Waals surface area contributed by atoms with Crippen LogP contribution in [0.1, 0.15) is 32.1 Å². The summed E-state index contributed by atoms with van der Waals surface area (Å²) in [5, 5.41) is 2.66. The molecule has 0 spiro atoms. The summed E-state index contributed by atoms with van der Waals surface area (Å²) >= 11 is 4.59. The number of hydrogen-bond donors (Lipinski definition) is 3. The summed E-state index contributed by atoms with van der Waals surface area (Å²) in [5.74, 6) is 0.522. The van der Waals surface area contributed by atoms with E-state index < -0.39 is 7.60 Å². The van der Waals surface area contributed by atoms with Gasteiger partial charge in [-0.05, 0) is 18.8 Å². The number of thiocarbonyl (C=S) groups is 1. The third-order valence-electron chi connectivity index (χ3n) is 2.53. The molecule has 0 aromatic heterocycles. The van der Waals surface area contributed by atoms with Crippen LogP contribution in [0.5, 0.6) is 0 Å². The molecule has 6 heteroatoms. The van der Waals surface area contributed by atoms with Gasteiger partial charge in [-0.25, -0.2) is 0 Å². The van der Waals surface area contributed by atoms with Crippen molar-refractivity contribution in [3.05, 3.63) is 0 Å². The van der Waals surface area contributed by atoms with Crippen LogP contribution in [0.2, 0.25) is 0 Å². The molecule has 0 unspecified atom stereocenters. The summed E-state index contributed by atoms with van der Waals surface area (Å²) in [6, 6.07) is 0. The first-order valence-corrected chi connectivity index (χ1v) is 6.86. The Morgan fingerprint density at radius 1 is 1.36 bits per heavy atom. The van der Waals surface area contributed by atoms with Crippen LogP contribution in [-0.4, -0.2) is 21.1 Å². The minimum atomic E-state index is -4.20. The minimum Gasteiger partial charge on any atom is -0.369 e. The van der Waals surface area contributed by atoms with Gasteiger partial charge in [0.25, 0.3) is 0 Å². The van der Waals surface area contributed by atoms with Crippen LogP contribution in [0, 0.1) is 5.92 Å². The van der Waals surface area contributed by atoms with Gasteiger partial charge in [-0.1, -0.05) is 31.5 Å². The highest BCUT2D eigenvalue weighted by Gasteiger charge is 2.22. The second-order valence-corrected chi connectivity index (χ2v) is 5.98. The molecule has 3 N–H and O–H groups in total. The molecule has 0 amide bonds. The normalized spacial score (nSPS) is 19.3. The Morgan fingerprint density at radius 3 is 2.43 bits per heavy atom. The Labute approximate surface area is 89.2 Å². The summed E-state index contributed by atoms with van der Waals surface area (Å²) in [7, 11) is -4.20. The molecule has 1 aliphatic rings. The van der Waals surface area contributed by atoms with Crippen LogP contribution in [0.15, 0.2) is 0 Å². The van der Waals surface area contributed by atoms with Crippen molar-refractivity contribution in [2.75, 3.05) is 6.54 Å². The molecule has 0 saturated heterocycles. The zero-order valence-corrected chi connectivity index (χ0v) is 9.69. The van der Waals surface area contributed by atoms with E-state index in [4.69, 9.17) is 9.79 Å². The van der Waals surface area contributed by atoms with E-state index in [2.05, 4.69) is 17.5 Å². The van der Waals surface area contributed by atoms with Gasteiger partial charge in [-0.15, -0.1) is 0 Å². The molecular weight excluding hydrogens is 221 g/mol. The lowest BCUT2D eigenvalue weighted by atomic mass is 9.89. The fourth-order valence-electron chi connectivity index (χ4n) is 1.73. The summed E-state index contributed by atoms with van der Waals surface area (Å²) in [6.45, 7) is 0.601. The van der Waals surface area contributed by atoms with Crippen LogP contribution in [-0.2, 0) is 4.57 Å². The third-order valence-corrected chi connectivity index (χ3v) is 4.08. The molecule has 0 atom stereocenters. The van der Waals surface area contributed by atoms with Crippen LogP contribution < -0.4 is 5.32 Å². The topological polar surface area (TPSA) is 69.6 Å². The van der Waals surface area contributed by atoms with Crippen LogP contribution in [0.3, 0.4) is 0 Å². The van der Waals surface area contributed by atoms with Crippen LogP contribution >= 0.6 is 19.8 Å². The molecule has 4 nitrogen and oxygen atoms in total. The summed E-state index contributed by atoms with van der Waals surface area (Å²) in [5.41, 5.74) is 0. The highest BCUT2D eigenvalue weighted by molar-refractivity contribution is 7.97. The fourth-order valence-corrected chi connectivity index (χ4v) is 2.11. The van der Waals surface area contributed by atoms with Gasteiger partial charge in [0, 0.05) is 6.54 Å². The Morgan fingerprint density at radius 2 is 1.93 bits per heavy atom. The van der Waals surface area contributed by atoms with E-state index in [9.17, 15) is 4.57 Å². The molecule has 14 heavy (non-hydrogen) atoms. The second-order valence-electron chi connectivity index (χ2n) is 3.73. The highest BCUT2D eigenvalue weighted by Crippen LogP contribution is 2.35. The lowest BCUT2D eigenvalue weighted by Gasteiger charge is -2.22. The predicted molar refractivity (Wildman–Crippen MR) is 59.2 cm³/mol. The molecule has 1 rings (SSSR count). The van der Waals surface area contributed by atoms with Crippen molar-refractivity contribution in [1.82, 2.24) is 5.32 Å². The molecule has 0 aromatic rings. The van der Waals surface area contributed by atoms with Crippen molar-refractivity contribution in [3.8, 4) is 0 Å². The summed E-state index contributed by atoms with van der Waals surface area (Å²) < 4.78 is 10.4. The minimum absolute atomic E-state index is 0.317. The first kappa shape index (κ1) is 12.1. The molecular formula is C8H16NO3PS. The zero-order chi connectivity index (χ0) is 10.6. The maximum Gasteiger partial charge on any atom is 0.383 e. The van der Waals surface area contributed by atoms with Crippen molar-refractivity contribution in [1.29, 1.82) is 0 Å². The van der Waals surface area contributed by atoms with Gasteiger partial charge in [0.05, 0.1) is 0 Å². The first-order valence-electron chi connectivity index (χ1n) is 4.84. The van der Waals surface area contributed by atoms with Gasteiger partial charge >= 0.3 is 7.60 Å². The average Bonchev–Trinajstić information content (AvgIpc) is 2.14. The zero-order valence-electron chi connectivity index (χ0n) is 7.98. The van der Waals surface area contributed by atoms with Crippen molar-refractivity contribution in [2.45, 2.75) is 32.1 Å². The first-order chi connectivity index (χ1) is 6.50. The van der Waals surface area contributed by atoms with Gasteiger partial charge in [0.15, 0.2) is 4.73 Å². The second kappa shape index (κ2) is 5.21. The smallest absolute Gasteiger partial charge is 0.369 e. The fraction of sp³-hybridized carbons (Fsp3) is 0.875. The Hall–Kier alpha value is 0.0400. The van der Waals surface area contributed by atoms with E-state index in [1.165, 1.54) is 19.3 Å². The predicted octanol–water partition coefficient (Wildman–Crippen LogP) is 1.62. The summed E-state index contributed by atoms with van der Waals surface area (Å²) in [4.78, 5) is 17.4. The van der Waals surface area contributed by atoms with E-state index in [1.807, 2.05) is 0 Å². The SMILES string of the molecule is O=P(O)(O)C(=S)NCC1CCCCC1. The number of rotatable bonds is 3. The van der Waals surface area contributed by atoms with Gasteiger partial charge < -0.3 is 15.1 Å². The quantitative estimate of drug-likeness (QED) is 0.514. The lowest BCUT2D eigenvalue weighted by Crippen LogP contribution is -2.28. The maximum atomic E-state index is 10.7. The number of nitrogens with one attached hydrogen (secondary N) is 1. The monoisotopic (exact) mass is 237 g/mol. The van der Waals surface area contributed by atoms with Crippen LogP contribution in [0.25, 0.3) is 0 Å². The van der Waals surface area contributed by atoms with E-state index >= 15 is 0 Å². The standard InChI is InChI=1S/C8H16NO3PS/c10-13(11,12)8(14)9-6-7-4-2-1-3-5-7/h7H,1-6H2,(H,9,14)(H2,10,11,12). The lowest BCUT2D eigenvalue weighted by molar-refractivity contribution is 0.355. The average molecular weight is 237 g/mol. The van der Waals surface area contributed by atoms with Gasteiger partial charge in [-0.3, -0.25) is 4.57 Å². The number of hydrogen-bond acceptors (Lipinski definition) is 2. The Balaban J connectivity index is 2.26. The largest absolute Gasteiger partial charge is 0.383 e. The van der Waals surface area contributed by atoms with E-state index in [0.29, 0.717) is 12.5 Å². The van der Waals surface area contributed by atoms with Gasteiger partial charge in [0.1, 0.15) is 0 Å². The molecule has 0 heterocycles. The molecule has 0 bridgehead atoms. The highest BCUT2D eigenvalue weighted by atomic mass is 32.1. The molecule has 1 saturated carbocycles. The van der Waals surface area contributed by atoms with E-state index in [1.54, 1.807) is 0 Å². The molecule has 1 aliphatic carbocycles. The van der Waals surface area contributed by atoms with Gasteiger partial charge in [-0.2, -0.15) is 0 Å². The van der Waals surface area contributed by atoms with Crippen LogP contribution in [0.4, 0.5) is 0 Å². The Kier molecular flexibility index (Phi) is 4.51. The molecule has 0 aromatic carbocycles. The van der Waals surface area contributed by atoms with Crippen molar-refractivity contribution in [2.24, 2.45) is 5.92 Å². The molecule has 0 aliphatic heterocycles. The molecule has 0 radical (unpaired) electrons. The van der Waals surface area contributed by atoms with E-state index in [-0.39, 0.29) is 4.73 Å². The maximum absolute atomic E-state index is 10.7. The van der Waals surface area contributed by atoms with Crippen molar-refractivity contribution < 1.29 is 14.4 Å². The van der Waals surface area contributed by atoms with Crippen molar-refractivity contribution in [3.63, 3.8) is 0 Å². The Bertz CT molecular complexity index is 247. The molecule has 1 fully saturated rings. The molecule has 82 valence electrons. The third kappa shape index (κ3) is 4.05. The van der Waals surface area contributed by atoms with Crippen molar-refractivity contribution >= 4 is 24.5 Å². The summed E-state index contributed by atoms with van der Waals surface area (Å²) in [6.07, 6.45) is 5.98.